The topological polar surface area (TPSA) is 128 Å². The van der Waals surface area contributed by atoms with Crippen molar-refractivity contribution < 1.29 is 23.9 Å². The summed E-state index contributed by atoms with van der Waals surface area (Å²) >= 11 is 0. The van der Waals surface area contributed by atoms with E-state index in [2.05, 4.69) is 10.6 Å². The van der Waals surface area contributed by atoms with Gasteiger partial charge in [0.15, 0.2) is 0 Å². The van der Waals surface area contributed by atoms with Gasteiger partial charge in [0.2, 0.25) is 0 Å². The SMILES string of the molecule is COCCOCCCNc1cc(NCCCOCCOC)c([N+](=O)[O-])cc1C#N. The Balaban J connectivity index is 2.61. The van der Waals surface area contributed by atoms with Crippen molar-refractivity contribution in [1.82, 2.24) is 0 Å². The van der Waals surface area contributed by atoms with Crippen LogP contribution in [0.1, 0.15) is 18.4 Å². The highest BCUT2D eigenvalue weighted by molar-refractivity contribution is 5.74. The lowest BCUT2D eigenvalue weighted by Crippen LogP contribution is -2.11. The van der Waals surface area contributed by atoms with E-state index in [9.17, 15) is 15.4 Å². The molecular weight excluding hydrogens is 380 g/mol. The molecule has 0 spiro atoms. The number of methoxy groups -OCH3 is 2. The standard InChI is InChI=1S/C19H30N4O6/c1-26-9-11-28-7-3-5-21-17-14-18(19(23(24)25)13-16(17)15-20)22-6-4-8-29-12-10-27-2/h13-14,21-22H,3-12H2,1-2H3. The maximum Gasteiger partial charge on any atom is 0.293 e. The average molecular weight is 410 g/mol. The third-order valence-electron chi connectivity index (χ3n) is 3.88. The number of hydrogen-bond donors (Lipinski definition) is 2. The monoisotopic (exact) mass is 410 g/mol. The molecule has 0 saturated heterocycles. The van der Waals surface area contributed by atoms with E-state index in [4.69, 9.17) is 18.9 Å². The number of nitro benzene ring substituents is 1. The molecule has 0 aliphatic heterocycles. The van der Waals surface area contributed by atoms with Crippen LogP contribution in [0.4, 0.5) is 17.1 Å². The maximum atomic E-state index is 11.4. The van der Waals surface area contributed by atoms with E-state index in [0.717, 1.165) is 6.42 Å². The molecule has 0 saturated carbocycles. The molecule has 1 aromatic carbocycles. The summed E-state index contributed by atoms with van der Waals surface area (Å²) in [6, 6.07) is 4.90. The summed E-state index contributed by atoms with van der Waals surface area (Å²) in [6.45, 7) is 4.27. The zero-order valence-electron chi connectivity index (χ0n) is 17.1. The van der Waals surface area contributed by atoms with Gasteiger partial charge in [0.1, 0.15) is 11.8 Å². The van der Waals surface area contributed by atoms with Crippen LogP contribution in [0.15, 0.2) is 12.1 Å². The molecule has 29 heavy (non-hydrogen) atoms. The van der Waals surface area contributed by atoms with Gasteiger partial charge < -0.3 is 29.6 Å². The van der Waals surface area contributed by atoms with Crippen LogP contribution in [0.2, 0.25) is 0 Å². The first-order valence-corrected chi connectivity index (χ1v) is 9.47. The van der Waals surface area contributed by atoms with E-state index < -0.39 is 4.92 Å². The molecule has 1 rings (SSSR count). The summed E-state index contributed by atoms with van der Waals surface area (Å²) in [7, 11) is 3.22. The molecule has 0 atom stereocenters. The fourth-order valence-electron chi connectivity index (χ4n) is 2.40. The zero-order chi connectivity index (χ0) is 21.3. The first-order chi connectivity index (χ1) is 14.1. The fraction of sp³-hybridized carbons (Fsp3) is 0.632. The van der Waals surface area contributed by atoms with Gasteiger partial charge in [0, 0.05) is 46.6 Å². The van der Waals surface area contributed by atoms with Crippen molar-refractivity contribution >= 4 is 17.1 Å². The summed E-state index contributed by atoms with van der Waals surface area (Å²) in [5, 5.41) is 26.9. The van der Waals surface area contributed by atoms with Gasteiger partial charge in [-0.3, -0.25) is 10.1 Å². The van der Waals surface area contributed by atoms with Gasteiger partial charge in [-0.25, -0.2) is 0 Å². The number of hydrogen-bond acceptors (Lipinski definition) is 9. The molecule has 0 amide bonds. The van der Waals surface area contributed by atoms with E-state index in [1.54, 1.807) is 20.3 Å². The highest BCUT2D eigenvalue weighted by Gasteiger charge is 2.18. The quantitative estimate of drug-likeness (QED) is 0.226. The van der Waals surface area contributed by atoms with Gasteiger partial charge in [-0.2, -0.15) is 5.26 Å². The average Bonchev–Trinajstić information content (AvgIpc) is 2.72. The molecule has 0 aliphatic carbocycles. The Bertz CT molecular complexity index is 650. The minimum absolute atomic E-state index is 0.129. The van der Waals surface area contributed by atoms with Gasteiger partial charge in [-0.05, 0) is 18.9 Å². The minimum atomic E-state index is -0.494. The van der Waals surface area contributed by atoms with Crippen LogP contribution in [0, 0.1) is 21.4 Å². The molecule has 0 heterocycles. The highest BCUT2D eigenvalue weighted by Crippen LogP contribution is 2.31. The van der Waals surface area contributed by atoms with Crippen LogP contribution < -0.4 is 10.6 Å². The Morgan fingerprint density at radius 3 is 1.97 bits per heavy atom. The molecule has 10 nitrogen and oxygen atoms in total. The van der Waals surface area contributed by atoms with Gasteiger partial charge in [0.25, 0.3) is 5.69 Å². The lowest BCUT2D eigenvalue weighted by atomic mass is 10.1. The van der Waals surface area contributed by atoms with Gasteiger partial charge in [-0.1, -0.05) is 0 Å². The van der Waals surface area contributed by atoms with E-state index in [0.29, 0.717) is 70.5 Å². The van der Waals surface area contributed by atoms with E-state index in [1.165, 1.54) is 6.07 Å². The van der Waals surface area contributed by atoms with Crippen LogP contribution in [0.25, 0.3) is 0 Å². The molecule has 1 aromatic rings. The molecule has 0 aromatic heterocycles. The largest absolute Gasteiger partial charge is 0.384 e. The Morgan fingerprint density at radius 1 is 0.931 bits per heavy atom. The van der Waals surface area contributed by atoms with Crippen molar-refractivity contribution in [3.63, 3.8) is 0 Å². The number of nitro groups is 1. The third-order valence-corrected chi connectivity index (χ3v) is 3.88. The Morgan fingerprint density at radius 2 is 1.48 bits per heavy atom. The van der Waals surface area contributed by atoms with E-state index in [1.807, 2.05) is 6.07 Å². The van der Waals surface area contributed by atoms with Crippen molar-refractivity contribution in [3.05, 3.63) is 27.8 Å². The third kappa shape index (κ3) is 10.0. The lowest BCUT2D eigenvalue weighted by Gasteiger charge is -2.13. The molecule has 162 valence electrons. The maximum absolute atomic E-state index is 11.4. The second-order valence-electron chi connectivity index (χ2n) is 6.05. The number of ether oxygens (including phenoxy) is 4. The second-order valence-corrected chi connectivity index (χ2v) is 6.05. The molecule has 0 bridgehead atoms. The van der Waals surface area contributed by atoms with Crippen molar-refractivity contribution in [2.24, 2.45) is 0 Å². The number of rotatable bonds is 17. The van der Waals surface area contributed by atoms with Crippen LogP contribution in [-0.2, 0) is 18.9 Å². The van der Waals surface area contributed by atoms with Gasteiger partial charge >= 0.3 is 0 Å². The molecule has 0 fully saturated rings. The summed E-state index contributed by atoms with van der Waals surface area (Å²) in [4.78, 5) is 10.9. The zero-order valence-corrected chi connectivity index (χ0v) is 17.1. The Labute approximate surface area is 171 Å². The van der Waals surface area contributed by atoms with Crippen molar-refractivity contribution in [2.45, 2.75) is 12.8 Å². The smallest absolute Gasteiger partial charge is 0.293 e. The number of anilines is 2. The van der Waals surface area contributed by atoms with Crippen molar-refractivity contribution in [2.75, 3.05) is 77.6 Å². The van der Waals surface area contributed by atoms with Crippen LogP contribution in [-0.4, -0.2) is 71.9 Å². The fourth-order valence-corrected chi connectivity index (χ4v) is 2.40. The second kappa shape index (κ2) is 15.5. The Kier molecular flexibility index (Phi) is 13.1. The van der Waals surface area contributed by atoms with Gasteiger partial charge in [0.05, 0.1) is 42.6 Å². The number of nitrogens with one attached hydrogen (secondary N) is 2. The van der Waals surface area contributed by atoms with E-state index in [-0.39, 0.29) is 11.3 Å². The summed E-state index contributed by atoms with van der Waals surface area (Å²) in [5.41, 5.74) is 1.01. The van der Waals surface area contributed by atoms with Crippen molar-refractivity contribution in [3.8, 4) is 6.07 Å². The summed E-state index contributed by atoms with van der Waals surface area (Å²) < 4.78 is 20.6. The van der Waals surface area contributed by atoms with Crippen LogP contribution >= 0.6 is 0 Å². The molecule has 0 radical (unpaired) electrons. The summed E-state index contributed by atoms with van der Waals surface area (Å²) in [5.74, 6) is 0. The Hall–Kier alpha value is -2.45. The molecular formula is C19H30N4O6. The number of benzene rings is 1. The molecule has 0 aliphatic rings. The summed E-state index contributed by atoms with van der Waals surface area (Å²) in [6.07, 6.45) is 1.41. The van der Waals surface area contributed by atoms with Gasteiger partial charge in [-0.15, -0.1) is 0 Å². The highest BCUT2D eigenvalue weighted by atomic mass is 16.6. The molecule has 10 heteroatoms. The molecule has 0 unspecified atom stereocenters. The first kappa shape index (κ1) is 24.6. The number of nitrogens with zero attached hydrogens (tertiary/aromatic N) is 2. The van der Waals surface area contributed by atoms with Crippen molar-refractivity contribution in [1.29, 1.82) is 5.26 Å². The number of nitriles is 1. The predicted octanol–water partition coefficient (Wildman–Crippen LogP) is 2.40. The van der Waals surface area contributed by atoms with Crippen LogP contribution in [0.3, 0.4) is 0 Å². The first-order valence-electron chi connectivity index (χ1n) is 9.47. The molecule has 2 N–H and O–H groups in total. The minimum Gasteiger partial charge on any atom is -0.384 e. The predicted molar refractivity (Wildman–Crippen MR) is 109 cm³/mol. The van der Waals surface area contributed by atoms with Crippen LogP contribution in [0.5, 0.6) is 0 Å². The lowest BCUT2D eigenvalue weighted by molar-refractivity contribution is -0.384. The normalized spacial score (nSPS) is 10.5. The van der Waals surface area contributed by atoms with E-state index >= 15 is 0 Å².